The largest absolute Gasteiger partial charge is 0.440 e. The van der Waals surface area contributed by atoms with Crippen LogP contribution in [-0.4, -0.2) is 9.97 Å². The number of hydrogen-bond acceptors (Lipinski definition) is 2. The van der Waals surface area contributed by atoms with Crippen LogP contribution in [-0.2, 0) is 0 Å². The maximum absolute atomic E-state index is 5.77. The highest BCUT2D eigenvalue weighted by molar-refractivity contribution is 5.93. The number of fused-ring (bicyclic) bond motifs is 1. The fraction of sp³-hybridized carbons (Fsp3) is 0.214. The number of nitrogens with zero attached hydrogens (tertiary/aromatic N) is 1. The molecule has 0 amide bonds. The summed E-state index contributed by atoms with van der Waals surface area (Å²) >= 11 is 0. The van der Waals surface area contributed by atoms with Crippen molar-refractivity contribution in [2.24, 2.45) is 0 Å². The second-order valence-corrected chi connectivity index (χ2v) is 4.47. The number of para-hydroxylation sites is 1. The number of rotatable bonds is 2. The van der Waals surface area contributed by atoms with Gasteiger partial charge in [0, 0.05) is 28.6 Å². The van der Waals surface area contributed by atoms with Gasteiger partial charge in [0.15, 0.2) is 11.7 Å². The average molecular weight is 226 g/mol. The summed E-state index contributed by atoms with van der Waals surface area (Å²) in [6.45, 7) is 4.15. The molecular weight excluding hydrogens is 212 g/mol. The van der Waals surface area contributed by atoms with Crippen LogP contribution in [0.3, 0.4) is 0 Å². The zero-order valence-electron chi connectivity index (χ0n) is 9.90. The minimum atomic E-state index is 0.314. The van der Waals surface area contributed by atoms with Gasteiger partial charge in [0.1, 0.15) is 0 Å². The van der Waals surface area contributed by atoms with Gasteiger partial charge >= 0.3 is 0 Å². The van der Waals surface area contributed by atoms with Gasteiger partial charge in [-0.15, -0.1) is 0 Å². The third-order valence-electron chi connectivity index (χ3n) is 2.87. The molecule has 0 spiro atoms. The number of benzene rings is 1. The fourth-order valence-corrected chi connectivity index (χ4v) is 1.95. The lowest BCUT2D eigenvalue weighted by molar-refractivity contribution is 0.481. The molecule has 0 saturated carbocycles. The molecule has 0 bridgehead atoms. The van der Waals surface area contributed by atoms with Crippen LogP contribution in [0, 0.1) is 0 Å². The molecule has 3 nitrogen and oxygen atoms in total. The monoisotopic (exact) mass is 226 g/mol. The van der Waals surface area contributed by atoms with E-state index in [1.165, 1.54) is 5.39 Å². The third-order valence-corrected chi connectivity index (χ3v) is 2.87. The van der Waals surface area contributed by atoms with E-state index in [0.29, 0.717) is 5.92 Å². The van der Waals surface area contributed by atoms with Crippen molar-refractivity contribution in [3.05, 3.63) is 42.5 Å². The number of hydrogen-bond donors (Lipinski definition) is 1. The Hall–Kier alpha value is -2.03. The zero-order valence-corrected chi connectivity index (χ0v) is 9.90. The van der Waals surface area contributed by atoms with Crippen LogP contribution in [0.25, 0.3) is 22.2 Å². The lowest BCUT2D eigenvalue weighted by atomic mass is 10.1. The summed E-state index contributed by atoms with van der Waals surface area (Å²) in [5, 5.41) is 1.17. The van der Waals surface area contributed by atoms with E-state index in [0.717, 1.165) is 22.7 Å². The van der Waals surface area contributed by atoms with Crippen molar-refractivity contribution in [3.8, 4) is 11.3 Å². The topological polar surface area (TPSA) is 41.8 Å². The van der Waals surface area contributed by atoms with Crippen LogP contribution in [0.4, 0.5) is 0 Å². The van der Waals surface area contributed by atoms with E-state index in [4.69, 9.17) is 4.42 Å². The number of H-pyrrole nitrogens is 1. The van der Waals surface area contributed by atoms with Crippen molar-refractivity contribution in [1.82, 2.24) is 9.97 Å². The average Bonchev–Trinajstić information content (AvgIpc) is 2.95. The Bertz CT molecular complexity index is 649. The van der Waals surface area contributed by atoms with E-state index >= 15 is 0 Å². The van der Waals surface area contributed by atoms with Crippen molar-refractivity contribution in [2.45, 2.75) is 19.8 Å². The van der Waals surface area contributed by atoms with E-state index < -0.39 is 0 Å². The molecule has 0 radical (unpaired) electrons. The van der Waals surface area contributed by atoms with E-state index in [1.807, 2.05) is 18.3 Å². The highest BCUT2D eigenvalue weighted by Gasteiger charge is 2.12. The van der Waals surface area contributed by atoms with Crippen LogP contribution in [0.15, 0.2) is 41.1 Å². The predicted molar refractivity (Wildman–Crippen MR) is 67.9 cm³/mol. The molecule has 0 aliphatic carbocycles. The fourth-order valence-electron chi connectivity index (χ4n) is 1.95. The molecule has 2 heterocycles. The molecule has 17 heavy (non-hydrogen) atoms. The molecule has 0 fully saturated rings. The SMILES string of the molecule is CC(C)c1ncc(-c2c[nH]c3ccccc23)o1. The molecular formula is C14H14N2O. The lowest BCUT2D eigenvalue weighted by Crippen LogP contribution is -1.84. The number of nitrogens with one attached hydrogen (secondary N) is 1. The summed E-state index contributed by atoms with van der Waals surface area (Å²) in [4.78, 5) is 7.54. The molecule has 0 unspecified atom stereocenters. The molecule has 0 saturated heterocycles. The molecule has 2 aromatic heterocycles. The summed E-state index contributed by atoms with van der Waals surface area (Å²) in [6.07, 6.45) is 3.76. The number of oxazole rings is 1. The van der Waals surface area contributed by atoms with Crippen molar-refractivity contribution in [3.63, 3.8) is 0 Å². The van der Waals surface area contributed by atoms with E-state index in [2.05, 4.69) is 35.9 Å². The first kappa shape index (κ1) is 10.1. The first-order valence-corrected chi connectivity index (χ1v) is 5.78. The summed E-state index contributed by atoms with van der Waals surface area (Å²) in [5.74, 6) is 1.92. The maximum atomic E-state index is 5.77. The van der Waals surface area contributed by atoms with Crippen LogP contribution >= 0.6 is 0 Å². The van der Waals surface area contributed by atoms with Gasteiger partial charge < -0.3 is 9.40 Å². The van der Waals surface area contributed by atoms with Gasteiger partial charge in [0.05, 0.1) is 6.20 Å². The highest BCUT2D eigenvalue weighted by Crippen LogP contribution is 2.30. The minimum absolute atomic E-state index is 0.314. The second kappa shape index (κ2) is 3.77. The highest BCUT2D eigenvalue weighted by atomic mass is 16.4. The maximum Gasteiger partial charge on any atom is 0.197 e. The summed E-state index contributed by atoms with van der Waals surface area (Å²) in [6, 6.07) is 8.18. The Morgan fingerprint density at radius 2 is 2.06 bits per heavy atom. The Morgan fingerprint density at radius 3 is 2.82 bits per heavy atom. The van der Waals surface area contributed by atoms with Gasteiger partial charge in [-0.05, 0) is 6.07 Å². The van der Waals surface area contributed by atoms with Gasteiger partial charge in [-0.2, -0.15) is 0 Å². The van der Waals surface area contributed by atoms with Crippen LogP contribution < -0.4 is 0 Å². The molecule has 0 atom stereocenters. The molecule has 0 aliphatic heterocycles. The Labute approximate surface area is 99.5 Å². The molecule has 3 rings (SSSR count). The van der Waals surface area contributed by atoms with Crippen molar-refractivity contribution in [2.75, 3.05) is 0 Å². The quantitative estimate of drug-likeness (QED) is 0.719. The second-order valence-electron chi connectivity index (χ2n) is 4.47. The Balaban J connectivity index is 2.14. The van der Waals surface area contributed by atoms with Gasteiger partial charge in [-0.1, -0.05) is 32.0 Å². The van der Waals surface area contributed by atoms with Gasteiger partial charge in [0.25, 0.3) is 0 Å². The zero-order chi connectivity index (χ0) is 11.8. The molecule has 1 aromatic carbocycles. The standard InChI is InChI=1S/C14H14N2O/c1-9(2)14-16-8-13(17-14)11-7-15-12-6-4-3-5-10(11)12/h3-9,15H,1-2H3. The molecule has 86 valence electrons. The van der Waals surface area contributed by atoms with Crippen molar-refractivity contribution in [1.29, 1.82) is 0 Å². The Kier molecular flexibility index (Phi) is 2.25. The van der Waals surface area contributed by atoms with Crippen LogP contribution in [0.1, 0.15) is 25.7 Å². The van der Waals surface area contributed by atoms with Gasteiger partial charge in [0.2, 0.25) is 0 Å². The van der Waals surface area contributed by atoms with Crippen molar-refractivity contribution < 1.29 is 4.42 Å². The minimum Gasteiger partial charge on any atom is -0.440 e. The van der Waals surface area contributed by atoms with Crippen LogP contribution in [0.5, 0.6) is 0 Å². The summed E-state index contributed by atoms with van der Waals surface area (Å²) in [7, 11) is 0. The van der Waals surface area contributed by atoms with E-state index in [-0.39, 0.29) is 0 Å². The third kappa shape index (κ3) is 1.64. The first-order chi connectivity index (χ1) is 8.25. The summed E-state index contributed by atoms with van der Waals surface area (Å²) in [5.41, 5.74) is 2.19. The molecule has 0 aliphatic rings. The van der Waals surface area contributed by atoms with E-state index in [9.17, 15) is 0 Å². The van der Waals surface area contributed by atoms with Crippen LogP contribution in [0.2, 0.25) is 0 Å². The lowest BCUT2D eigenvalue weighted by Gasteiger charge is -1.96. The Morgan fingerprint density at radius 1 is 1.24 bits per heavy atom. The molecule has 3 heteroatoms. The van der Waals surface area contributed by atoms with Gasteiger partial charge in [-0.25, -0.2) is 4.98 Å². The molecule has 1 N–H and O–H groups in total. The summed E-state index contributed by atoms with van der Waals surface area (Å²) < 4.78 is 5.77. The van der Waals surface area contributed by atoms with Crippen molar-refractivity contribution >= 4 is 10.9 Å². The normalized spacial score (nSPS) is 11.5. The smallest absolute Gasteiger partial charge is 0.197 e. The molecule has 3 aromatic rings. The number of aromatic amines is 1. The van der Waals surface area contributed by atoms with Gasteiger partial charge in [-0.3, -0.25) is 0 Å². The first-order valence-electron chi connectivity index (χ1n) is 5.78. The predicted octanol–water partition coefficient (Wildman–Crippen LogP) is 3.95. The van der Waals surface area contributed by atoms with E-state index in [1.54, 1.807) is 6.20 Å². The number of aromatic nitrogens is 2.